The summed E-state index contributed by atoms with van der Waals surface area (Å²) in [5, 5.41) is 6.98. The zero-order chi connectivity index (χ0) is 9.52. The fraction of sp³-hybridized carbons (Fsp3) is 1.00. The van der Waals surface area contributed by atoms with Gasteiger partial charge < -0.3 is 15.4 Å². The van der Waals surface area contributed by atoms with Crippen molar-refractivity contribution in [2.75, 3.05) is 26.3 Å². The Morgan fingerprint density at radius 3 is 2.77 bits per heavy atom. The predicted octanol–water partition coefficient (Wildman–Crippen LogP) is 0.753. The van der Waals surface area contributed by atoms with E-state index in [0.29, 0.717) is 12.1 Å². The van der Waals surface area contributed by atoms with Crippen LogP contribution in [0.15, 0.2) is 0 Å². The van der Waals surface area contributed by atoms with Gasteiger partial charge in [0.1, 0.15) is 0 Å². The van der Waals surface area contributed by atoms with Crippen LogP contribution < -0.4 is 10.6 Å². The Labute approximate surface area is 81.2 Å². The summed E-state index contributed by atoms with van der Waals surface area (Å²) in [7, 11) is 0. The van der Waals surface area contributed by atoms with Crippen LogP contribution in [0.2, 0.25) is 0 Å². The van der Waals surface area contributed by atoms with Gasteiger partial charge in [-0.15, -0.1) is 0 Å². The second-order valence-corrected chi connectivity index (χ2v) is 3.65. The summed E-state index contributed by atoms with van der Waals surface area (Å²) in [6, 6.07) is 1.18. The lowest BCUT2D eigenvalue weighted by Gasteiger charge is -2.26. The van der Waals surface area contributed by atoms with E-state index in [1.165, 1.54) is 12.8 Å². The Balaban J connectivity index is 2.09. The number of ether oxygens (including phenoxy) is 1. The van der Waals surface area contributed by atoms with Crippen molar-refractivity contribution >= 4 is 0 Å². The smallest absolute Gasteiger partial charge is 0.0632 e. The highest BCUT2D eigenvalue weighted by Crippen LogP contribution is 1.97. The van der Waals surface area contributed by atoms with Crippen molar-refractivity contribution in [3.05, 3.63) is 0 Å². The van der Waals surface area contributed by atoms with Crippen molar-refractivity contribution in [2.45, 2.75) is 38.8 Å². The number of nitrogens with one attached hydrogen (secondary N) is 2. The van der Waals surface area contributed by atoms with Gasteiger partial charge in [-0.25, -0.2) is 0 Å². The van der Waals surface area contributed by atoms with E-state index in [2.05, 4.69) is 24.5 Å². The van der Waals surface area contributed by atoms with Crippen molar-refractivity contribution < 1.29 is 4.74 Å². The third-order valence-electron chi connectivity index (χ3n) is 2.64. The fourth-order valence-electron chi connectivity index (χ4n) is 1.64. The number of rotatable bonds is 5. The maximum absolute atomic E-state index is 5.38. The summed E-state index contributed by atoms with van der Waals surface area (Å²) >= 11 is 0. The molecule has 0 aliphatic carbocycles. The Morgan fingerprint density at radius 1 is 1.46 bits per heavy atom. The van der Waals surface area contributed by atoms with E-state index in [1.807, 2.05) is 0 Å². The first-order valence-corrected chi connectivity index (χ1v) is 5.41. The molecule has 0 spiro atoms. The normalized spacial score (nSPS) is 23.8. The van der Waals surface area contributed by atoms with E-state index in [4.69, 9.17) is 4.74 Å². The van der Waals surface area contributed by atoms with Crippen molar-refractivity contribution in [1.29, 1.82) is 0 Å². The van der Waals surface area contributed by atoms with Crippen molar-refractivity contribution in [1.82, 2.24) is 10.6 Å². The van der Waals surface area contributed by atoms with Crippen LogP contribution in [0.4, 0.5) is 0 Å². The van der Waals surface area contributed by atoms with Crippen molar-refractivity contribution in [3.63, 3.8) is 0 Å². The summed E-state index contributed by atoms with van der Waals surface area (Å²) < 4.78 is 5.38. The maximum atomic E-state index is 5.38. The van der Waals surface area contributed by atoms with Crippen LogP contribution >= 0.6 is 0 Å². The molecule has 1 fully saturated rings. The molecular formula is C10H22N2O. The van der Waals surface area contributed by atoms with Gasteiger partial charge in [0.25, 0.3) is 0 Å². The van der Waals surface area contributed by atoms with Crippen LogP contribution in [0.25, 0.3) is 0 Å². The molecule has 2 N–H and O–H groups in total. The molecule has 1 heterocycles. The quantitative estimate of drug-likeness (QED) is 0.665. The molecule has 3 nitrogen and oxygen atoms in total. The lowest BCUT2D eigenvalue weighted by molar-refractivity contribution is 0.0757. The number of hydrogen-bond acceptors (Lipinski definition) is 3. The molecule has 0 aromatic heterocycles. The van der Waals surface area contributed by atoms with E-state index in [0.717, 1.165) is 26.3 Å². The standard InChI is InChI=1S/C10H22N2O/c1-3-9(4-2)12-7-10-8-13-6-5-11-10/h9-12H,3-8H2,1-2H3. The van der Waals surface area contributed by atoms with Gasteiger partial charge in [0.2, 0.25) is 0 Å². The van der Waals surface area contributed by atoms with Crippen LogP contribution in [-0.4, -0.2) is 38.4 Å². The SMILES string of the molecule is CCC(CC)NCC1COCCN1. The van der Waals surface area contributed by atoms with Crippen LogP contribution in [-0.2, 0) is 4.74 Å². The van der Waals surface area contributed by atoms with E-state index in [-0.39, 0.29) is 0 Å². The predicted molar refractivity (Wildman–Crippen MR) is 55.0 cm³/mol. The molecule has 3 heteroatoms. The zero-order valence-electron chi connectivity index (χ0n) is 8.81. The Morgan fingerprint density at radius 2 is 2.23 bits per heavy atom. The first kappa shape index (κ1) is 11.0. The minimum Gasteiger partial charge on any atom is -0.378 e. The zero-order valence-corrected chi connectivity index (χ0v) is 8.81. The third-order valence-corrected chi connectivity index (χ3v) is 2.64. The monoisotopic (exact) mass is 186 g/mol. The van der Waals surface area contributed by atoms with E-state index >= 15 is 0 Å². The highest BCUT2D eigenvalue weighted by atomic mass is 16.5. The van der Waals surface area contributed by atoms with Crippen LogP contribution in [0, 0.1) is 0 Å². The van der Waals surface area contributed by atoms with E-state index in [9.17, 15) is 0 Å². The maximum Gasteiger partial charge on any atom is 0.0632 e. The first-order valence-electron chi connectivity index (χ1n) is 5.41. The largest absolute Gasteiger partial charge is 0.378 e. The van der Waals surface area contributed by atoms with E-state index < -0.39 is 0 Å². The number of hydrogen-bond donors (Lipinski definition) is 2. The minimum absolute atomic E-state index is 0.509. The Kier molecular flexibility index (Phi) is 5.35. The molecule has 1 aliphatic heterocycles. The molecule has 0 aromatic rings. The molecule has 1 atom stereocenters. The minimum atomic E-state index is 0.509. The molecule has 1 unspecified atom stereocenters. The molecule has 0 amide bonds. The molecule has 1 aliphatic rings. The lowest BCUT2D eigenvalue weighted by Crippen LogP contribution is -2.49. The molecule has 1 saturated heterocycles. The van der Waals surface area contributed by atoms with Crippen molar-refractivity contribution in [2.24, 2.45) is 0 Å². The fourth-order valence-corrected chi connectivity index (χ4v) is 1.64. The average molecular weight is 186 g/mol. The van der Waals surface area contributed by atoms with Gasteiger partial charge in [-0.2, -0.15) is 0 Å². The molecular weight excluding hydrogens is 164 g/mol. The highest BCUT2D eigenvalue weighted by molar-refractivity contribution is 4.74. The summed E-state index contributed by atoms with van der Waals surface area (Å²) in [6.07, 6.45) is 2.42. The molecule has 13 heavy (non-hydrogen) atoms. The first-order chi connectivity index (χ1) is 6.36. The van der Waals surface area contributed by atoms with Gasteiger partial charge in [0.15, 0.2) is 0 Å². The van der Waals surface area contributed by atoms with Gasteiger partial charge in [-0.05, 0) is 12.8 Å². The van der Waals surface area contributed by atoms with Gasteiger partial charge in [0.05, 0.1) is 13.2 Å². The van der Waals surface area contributed by atoms with Crippen LogP contribution in [0.3, 0.4) is 0 Å². The van der Waals surface area contributed by atoms with Gasteiger partial charge in [-0.3, -0.25) is 0 Å². The number of morpholine rings is 1. The topological polar surface area (TPSA) is 33.3 Å². The molecule has 0 saturated carbocycles. The third kappa shape index (κ3) is 4.07. The van der Waals surface area contributed by atoms with Gasteiger partial charge in [0, 0.05) is 25.2 Å². The Hall–Kier alpha value is -0.120. The molecule has 0 radical (unpaired) electrons. The summed E-state index contributed by atoms with van der Waals surface area (Å²) in [6.45, 7) is 8.20. The van der Waals surface area contributed by atoms with E-state index in [1.54, 1.807) is 0 Å². The van der Waals surface area contributed by atoms with Crippen LogP contribution in [0.1, 0.15) is 26.7 Å². The molecule has 0 aromatic carbocycles. The average Bonchev–Trinajstić information content (AvgIpc) is 2.21. The second-order valence-electron chi connectivity index (χ2n) is 3.65. The molecule has 0 bridgehead atoms. The summed E-state index contributed by atoms with van der Waals surface area (Å²) in [5.74, 6) is 0. The van der Waals surface area contributed by atoms with Gasteiger partial charge in [-0.1, -0.05) is 13.8 Å². The Bertz CT molecular complexity index is 120. The van der Waals surface area contributed by atoms with Crippen molar-refractivity contribution in [3.8, 4) is 0 Å². The summed E-state index contributed by atoms with van der Waals surface area (Å²) in [5.41, 5.74) is 0. The van der Waals surface area contributed by atoms with Crippen LogP contribution in [0.5, 0.6) is 0 Å². The molecule has 78 valence electrons. The molecule has 1 rings (SSSR count). The van der Waals surface area contributed by atoms with Gasteiger partial charge >= 0.3 is 0 Å². The second kappa shape index (κ2) is 6.35. The summed E-state index contributed by atoms with van der Waals surface area (Å²) in [4.78, 5) is 0. The highest BCUT2D eigenvalue weighted by Gasteiger charge is 2.13. The lowest BCUT2D eigenvalue weighted by atomic mass is 10.1.